The van der Waals surface area contributed by atoms with Crippen molar-refractivity contribution in [2.75, 3.05) is 0 Å². The molecule has 2 rings (SSSR count). The normalized spacial score (nSPS) is 12.7. The van der Waals surface area contributed by atoms with Gasteiger partial charge in [-0.25, -0.2) is 4.79 Å². The number of sulfonamides is 1. The molecule has 0 saturated heterocycles. The molecule has 0 aliphatic heterocycles. The van der Waals surface area contributed by atoms with Crippen LogP contribution in [0.4, 0.5) is 0 Å². The number of nitrogens with zero attached hydrogens (tertiary/aromatic N) is 1. The summed E-state index contributed by atoms with van der Waals surface area (Å²) in [5.74, 6) is -0.824. The first-order valence-corrected chi connectivity index (χ1v) is 9.71. The van der Waals surface area contributed by atoms with Crippen molar-refractivity contribution in [1.29, 1.82) is 0 Å². The summed E-state index contributed by atoms with van der Waals surface area (Å²) in [5, 5.41) is 0.457. The Morgan fingerprint density at radius 1 is 1.00 bits per heavy atom. The SMILES string of the molecule is Cc1ccc(S(=O)(=O)/N=C(\C(=O)OC(C)(C)C)c2ccc(Cl)cc2)cc1. The lowest BCUT2D eigenvalue weighted by atomic mass is 10.1. The second-order valence-corrected chi connectivity index (χ2v) is 8.78. The Bertz CT molecular complexity index is 925. The Balaban J connectivity index is 2.55. The average molecular weight is 394 g/mol. The fraction of sp³-hybridized carbons (Fsp3) is 0.263. The van der Waals surface area contributed by atoms with E-state index in [1.54, 1.807) is 45.0 Å². The maximum atomic E-state index is 12.6. The van der Waals surface area contributed by atoms with Crippen LogP contribution in [0.1, 0.15) is 31.9 Å². The summed E-state index contributed by atoms with van der Waals surface area (Å²) >= 11 is 5.87. The van der Waals surface area contributed by atoms with Crippen LogP contribution in [0.25, 0.3) is 0 Å². The number of carbonyl (C=O) groups is 1. The molecule has 0 saturated carbocycles. The fourth-order valence-corrected chi connectivity index (χ4v) is 3.16. The molecule has 0 heterocycles. The van der Waals surface area contributed by atoms with E-state index in [1.165, 1.54) is 24.3 Å². The quantitative estimate of drug-likeness (QED) is 0.577. The van der Waals surface area contributed by atoms with Gasteiger partial charge >= 0.3 is 5.97 Å². The van der Waals surface area contributed by atoms with Crippen LogP contribution in [0.2, 0.25) is 5.02 Å². The van der Waals surface area contributed by atoms with Crippen molar-refractivity contribution in [3.05, 3.63) is 64.7 Å². The van der Waals surface area contributed by atoms with Gasteiger partial charge in [-0.1, -0.05) is 41.4 Å². The van der Waals surface area contributed by atoms with Crippen LogP contribution in [0.15, 0.2) is 57.8 Å². The fourth-order valence-electron chi connectivity index (χ4n) is 2.03. The Morgan fingerprint density at radius 2 is 1.54 bits per heavy atom. The maximum absolute atomic E-state index is 12.6. The van der Waals surface area contributed by atoms with E-state index >= 15 is 0 Å². The summed E-state index contributed by atoms with van der Waals surface area (Å²) in [4.78, 5) is 12.6. The lowest BCUT2D eigenvalue weighted by Gasteiger charge is -2.20. The summed E-state index contributed by atoms with van der Waals surface area (Å²) in [7, 11) is -4.08. The molecule has 5 nitrogen and oxygen atoms in total. The third-order valence-electron chi connectivity index (χ3n) is 3.24. The maximum Gasteiger partial charge on any atom is 0.358 e. The molecule has 0 bridgehead atoms. The third-order valence-corrected chi connectivity index (χ3v) is 4.78. The van der Waals surface area contributed by atoms with Gasteiger partial charge in [-0.15, -0.1) is 0 Å². The highest BCUT2D eigenvalue weighted by Crippen LogP contribution is 2.18. The summed E-state index contributed by atoms with van der Waals surface area (Å²) in [6, 6.07) is 12.4. The Labute approximate surface area is 158 Å². The van der Waals surface area contributed by atoms with Crippen LogP contribution in [0, 0.1) is 6.92 Å². The largest absolute Gasteiger partial charge is 0.455 e. The van der Waals surface area contributed by atoms with Gasteiger partial charge in [0.2, 0.25) is 0 Å². The van der Waals surface area contributed by atoms with E-state index in [0.717, 1.165) is 5.56 Å². The smallest absolute Gasteiger partial charge is 0.358 e. The molecule has 138 valence electrons. The van der Waals surface area contributed by atoms with Crippen LogP contribution in [0.5, 0.6) is 0 Å². The van der Waals surface area contributed by atoms with Crippen molar-refractivity contribution in [3.8, 4) is 0 Å². The van der Waals surface area contributed by atoms with Crippen molar-refractivity contribution < 1.29 is 17.9 Å². The number of hydrogen-bond acceptors (Lipinski definition) is 4. The number of ether oxygens (including phenoxy) is 1. The molecule has 0 radical (unpaired) electrons. The summed E-state index contributed by atoms with van der Waals surface area (Å²) in [5.41, 5.74) is 0.132. The Morgan fingerprint density at radius 3 is 2.04 bits per heavy atom. The Kier molecular flexibility index (Phi) is 5.88. The van der Waals surface area contributed by atoms with Gasteiger partial charge in [-0.2, -0.15) is 12.8 Å². The summed E-state index contributed by atoms with van der Waals surface area (Å²) in [6.07, 6.45) is 0. The van der Waals surface area contributed by atoms with Crippen molar-refractivity contribution in [1.82, 2.24) is 0 Å². The molecule has 2 aromatic carbocycles. The molecule has 2 aromatic rings. The number of carbonyl (C=O) groups excluding carboxylic acids is 1. The van der Waals surface area contributed by atoms with Crippen LogP contribution in [0.3, 0.4) is 0 Å². The van der Waals surface area contributed by atoms with Crippen molar-refractivity contribution in [3.63, 3.8) is 0 Å². The second-order valence-electron chi connectivity index (χ2n) is 6.74. The molecular formula is C19H20ClNO4S. The second kappa shape index (κ2) is 7.60. The van der Waals surface area contributed by atoms with Crippen molar-refractivity contribution >= 4 is 33.3 Å². The van der Waals surface area contributed by atoms with E-state index in [2.05, 4.69) is 4.40 Å². The zero-order chi connectivity index (χ0) is 19.5. The minimum absolute atomic E-state index is 0.00174. The van der Waals surface area contributed by atoms with Crippen LogP contribution >= 0.6 is 11.6 Å². The first kappa shape index (κ1) is 20.1. The van der Waals surface area contributed by atoms with Crippen molar-refractivity contribution in [2.24, 2.45) is 4.40 Å². The highest BCUT2D eigenvalue weighted by atomic mass is 35.5. The van der Waals surface area contributed by atoms with Gasteiger partial charge < -0.3 is 4.74 Å². The topological polar surface area (TPSA) is 72.8 Å². The summed E-state index contributed by atoms with van der Waals surface area (Å²) < 4.78 is 34.4. The van der Waals surface area contributed by atoms with Crippen LogP contribution in [-0.4, -0.2) is 25.7 Å². The van der Waals surface area contributed by atoms with E-state index in [1.807, 2.05) is 6.92 Å². The van der Waals surface area contributed by atoms with E-state index < -0.39 is 21.6 Å². The molecule has 0 aliphatic carbocycles. The highest BCUT2D eigenvalue weighted by Gasteiger charge is 2.25. The van der Waals surface area contributed by atoms with Gasteiger partial charge in [0.15, 0.2) is 5.71 Å². The molecular weight excluding hydrogens is 374 g/mol. The number of benzene rings is 2. The summed E-state index contributed by atoms with van der Waals surface area (Å²) in [6.45, 7) is 6.93. The number of halogens is 1. The highest BCUT2D eigenvalue weighted by molar-refractivity contribution is 7.90. The number of rotatable bonds is 4. The molecule has 7 heteroatoms. The van der Waals surface area contributed by atoms with Crippen molar-refractivity contribution in [2.45, 2.75) is 38.2 Å². The first-order valence-electron chi connectivity index (χ1n) is 7.89. The number of aryl methyl sites for hydroxylation is 1. The predicted octanol–water partition coefficient (Wildman–Crippen LogP) is 4.17. The van der Waals surface area contributed by atoms with Gasteiger partial charge in [0.1, 0.15) is 5.60 Å². The molecule has 0 spiro atoms. The van der Waals surface area contributed by atoms with Gasteiger partial charge in [-0.05, 0) is 52.0 Å². The van der Waals surface area contributed by atoms with E-state index in [0.29, 0.717) is 10.6 Å². The lowest BCUT2D eigenvalue weighted by Crippen LogP contribution is -2.30. The molecule has 0 amide bonds. The molecule has 0 atom stereocenters. The monoisotopic (exact) mass is 393 g/mol. The van der Waals surface area contributed by atoms with E-state index in [9.17, 15) is 13.2 Å². The van der Waals surface area contributed by atoms with E-state index in [-0.39, 0.29) is 10.6 Å². The molecule has 0 unspecified atom stereocenters. The van der Waals surface area contributed by atoms with Gasteiger partial charge in [0.05, 0.1) is 4.90 Å². The van der Waals surface area contributed by atoms with E-state index in [4.69, 9.17) is 16.3 Å². The van der Waals surface area contributed by atoms with Crippen LogP contribution in [-0.2, 0) is 19.6 Å². The average Bonchev–Trinajstić information content (AvgIpc) is 2.52. The Hall–Kier alpha value is -2.18. The molecule has 0 fully saturated rings. The molecule has 0 aromatic heterocycles. The minimum Gasteiger partial charge on any atom is -0.455 e. The molecule has 0 N–H and O–H groups in total. The number of hydrogen-bond donors (Lipinski definition) is 0. The van der Waals surface area contributed by atoms with Gasteiger partial charge in [-0.3, -0.25) is 0 Å². The zero-order valence-corrected chi connectivity index (χ0v) is 16.6. The van der Waals surface area contributed by atoms with Crippen LogP contribution < -0.4 is 0 Å². The first-order chi connectivity index (χ1) is 12.0. The third kappa shape index (κ3) is 5.41. The van der Waals surface area contributed by atoms with Gasteiger partial charge in [0.25, 0.3) is 10.0 Å². The molecule has 26 heavy (non-hydrogen) atoms. The lowest BCUT2D eigenvalue weighted by molar-refractivity contribution is -0.146. The predicted molar refractivity (Wildman–Crippen MR) is 102 cm³/mol. The minimum atomic E-state index is -4.08. The number of esters is 1. The standard InChI is InChI=1S/C19H20ClNO4S/c1-13-5-11-16(12-6-13)26(23,24)21-17(18(22)25-19(2,3)4)14-7-9-15(20)10-8-14/h5-12H,1-4H3/b21-17-. The zero-order valence-electron chi connectivity index (χ0n) is 15.0. The van der Waals surface area contributed by atoms with Gasteiger partial charge in [0, 0.05) is 10.6 Å². The molecule has 0 aliphatic rings.